The van der Waals surface area contributed by atoms with E-state index in [-0.39, 0.29) is 18.1 Å². The third kappa shape index (κ3) is 5.41. The van der Waals surface area contributed by atoms with E-state index in [4.69, 9.17) is 26.8 Å². The standard InChI is InChI=1S/C18H28ClN7O3/c1-28-16-9-14(20)13(19)8-12(16)18(27)23-15-4-7-25(10-17(15)29-2)5-3-6-26-22-11-21-24-26/h8-9,11,15,17,24H,3-7,10,20H2,1-2H3,(H,21,22)(H,23,27)/t15-,17+/m0/s1. The summed E-state index contributed by atoms with van der Waals surface area (Å²) in [5.74, 6) is 0.138. The van der Waals surface area contributed by atoms with Crippen LogP contribution < -0.4 is 26.7 Å². The highest BCUT2D eigenvalue weighted by Crippen LogP contribution is 2.29. The number of anilines is 1. The van der Waals surface area contributed by atoms with Crippen molar-refractivity contribution in [1.29, 1.82) is 0 Å². The largest absolute Gasteiger partial charge is 0.496 e. The van der Waals surface area contributed by atoms with Gasteiger partial charge < -0.3 is 25.4 Å². The van der Waals surface area contributed by atoms with Gasteiger partial charge in [0, 0.05) is 32.8 Å². The average molecular weight is 426 g/mol. The van der Waals surface area contributed by atoms with Crippen molar-refractivity contribution in [3.8, 4) is 5.75 Å². The summed E-state index contributed by atoms with van der Waals surface area (Å²) in [7, 11) is 3.17. The number of carbonyl (C=O) groups excluding carboxylic acids is 1. The quantitative estimate of drug-likeness (QED) is 0.442. The number of carbonyl (C=O) groups is 1. The molecule has 2 aliphatic heterocycles. The van der Waals surface area contributed by atoms with Gasteiger partial charge in [0.15, 0.2) is 0 Å². The Balaban J connectivity index is 1.53. The van der Waals surface area contributed by atoms with Crippen molar-refractivity contribution in [2.45, 2.75) is 25.0 Å². The number of nitrogens with zero attached hydrogens (tertiary/aromatic N) is 3. The van der Waals surface area contributed by atoms with Gasteiger partial charge in [-0.05, 0) is 25.5 Å². The van der Waals surface area contributed by atoms with E-state index >= 15 is 0 Å². The Kier molecular flexibility index (Phi) is 7.37. The van der Waals surface area contributed by atoms with Crippen LogP contribution in [0, 0.1) is 0 Å². The molecule has 0 unspecified atom stereocenters. The average Bonchev–Trinajstić information content (AvgIpc) is 3.24. The van der Waals surface area contributed by atoms with Crippen molar-refractivity contribution in [2.24, 2.45) is 5.10 Å². The lowest BCUT2D eigenvalue weighted by Crippen LogP contribution is -2.55. The molecule has 3 rings (SSSR count). The number of nitrogens with two attached hydrogens (primary N) is 1. The maximum absolute atomic E-state index is 12.8. The van der Waals surface area contributed by atoms with E-state index in [1.54, 1.807) is 19.5 Å². The minimum Gasteiger partial charge on any atom is -0.496 e. The second-order valence-electron chi connectivity index (χ2n) is 7.01. The second-order valence-corrected chi connectivity index (χ2v) is 7.42. The third-order valence-electron chi connectivity index (χ3n) is 5.14. The maximum Gasteiger partial charge on any atom is 0.255 e. The first-order chi connectivity index (χ1) is 14.0. The van der Waals surface area contributed by atoms with Gasteiger partial charge in [-0.15, -0.1) is 5.12 Å². The Labute approximate surface area is 175 Å². The predicted molar refractivity (Wildman–Crippen MR) is 112 cm³/mol. The van der Waals surface area contributed by atoms with Crippen molar-refractivity contribution in [1.82, 2.24) is 26.3 Å². The molecule has 2 heterocycles. The monoisotopic (exact) mass is 425 g/mol. The molecule has 0 bridgehead atoms. The van der Waals surface area contributed by atoms with Crippen LogP contribution in [0.15, 0.2) is 17.2 Å². The first-order valence-corrected chi connectivity index (χ1v) is 9.89. The molecule has 160 valence electrons. The van der Waals surface area contributed by atoms with E-state index in [0.29, 0.717) is 22.0 Å². The Morgan fingerprint density at radius 1 is 1.41 bits per heavy atom. The number of amides is 1. The lowest BCUT2D eigenvalue weighted by atomic mass is 10.0. The number of likely N-dealkylation sites (tertiary alicyclic amines) is 1. The van der Waals surface area contributed by atoms with Gasteiger partial charge in [-0.1, -0.05) is 11.6 Å². The van der Waals surface area contributed by atoms with Crippen molar-refractivity contribution >= 4 is 29.5 Å². The molecule has 0 aromatic heterocycles. The summed E-state index contributed by atoms with van der Waals surface area (Å²) in [4.78, 5) is 15.2. The van der Waals surface area contributed by atoms with E-state index in [2.05, 4.69) is 26.3 Å². The summed E-state index contributed by atoms with van der Waals surface area (Å²) in [6, 6.07) is 3.00. The van der Waals surface area contributed by atoms with Crippen LogP contribution in [0.2, 0.25) is 5.02 Å². The van der Waals surface area contributed by atoms with Gasteiger partial charge in [-0.3, -0.25) is 10.2 Å². The summed E-state index contributed by atoms with van der Waals surface area (Å²) in [5, 5.41) is 9.09. The summed E-state index contributed by atoms with van der Waals surface area (Å²) in [6.07, 6.45) is 3.27. The Hall–Kier alpha value is -2.27. The highest BCUT2D eigenvalue weighted by atomic mass is 35.5. The van der Waals surface area contributed by atoms with Crippen LogP contribution in [-0.4, -0.2) is 74.8 Å². The number of nitrogens with one attached hydrogen (secondary N) is 3. The highest BCUT2D eigenvalue weighted by Gasteiger charge is 2.31. The lowest BCUT2D eigenvalue weighted by molar-refractivity contribution is 0.00486. The molecule has 1 aromatic rings. The molecular formula is C18H28ClN7O3. The molecule has 1 saturated heterocycles. The van der Waals surface area contributed by atoms with Crippen molar-refractivity contribution in [3.63, 3.8) is 0 Å². The summed E-state index contributed by atoms with van der Waals surface area (Å²) in [6.45, 7) is 3.38. The molecule has 0 aliphatic carbocycles. The van der Waals surface area contributed by atoms with E-state index in [1.807, 2.05) is 5.12 Å². The minimum atomic E-state index is -0.254. The zero-order chi connectivity index (χ0) is 20.8. The fourth-order valence-corrected chi connectivity index (χ4v) is 3.71. The van der Waals surface area contributed by atoms with E-state index in [9.17, 15) is 4.79 Å². The Morgan fingerprint density at radius 3 is 2.93 bits per heavy atom. The molecule has 29 heavy (non-hydrogen) atoms. The van der Waals surface area contributed by atoms with Gasteiger partial charge in [0.05, 0.1) is 35.5 Å². The van der Waals surface area contributed by atoms with Gasteiger partial charge in [0.25, 0.3) is 5.91 Å². The van der Waals surface area contributed by atoms with Crippen LogP contribution in [0.3, 0.4) is 0 Å². The van der Waals surface area contributed by atoms with Gasteiger partial charge in [0.2, 0.25) is 0 Å². The number of hydrogen-bond acceptors (Lipinski definition) is 9. The molecule has 10 nitrogen and oxygen atoms in total. The van der Waals surface area contributed by atoms with E-state index in [0.717, 1.165) is 39.0 Å². The molecular weight excluding hydrogens is 398 g/mol. The number of rotatable bonds is 8. The van der Waals surface area contributed by atoms with E-state index in [1.165, 1.54) is 13.2 Å². The van der Waals surface area contributed by atoms with Gasteiger partial charge in [-0.25, -0.2) is 5.53 Å². The molecule has 5 N–H and O–H groups in total. The number of halogens is 1. The van der Waals surface area contributed by atoms with Crippen molar-refractivity contribution in [2.75, 3.05) is 46.1 Å². The fourth-order valence-electron chi connectivity index (χ4n) is 3.54. The van der Waals surface area contributed by atoms with Gasteiger partial charge in [-0.2, -0.15) is 5.10 Å². The van der Waals surface area contributed by atoms with E-state index < -0.39 is 0 Å². The van der Waals surface area contributed by atoms with Gasteiger partial charge in [0.1, 0.15) is 12.1 Å². The number of methoxy groups -OCH3 is 2. The number of benzene rings is 1. The summed E-state index contributed by atoms with van der Waals surface area (Å²) < 4.78 is 10.9. The lowest BCUT2D eigenvalue weighted by Gasteiger charge is -2.38. The highest BCUT2D eigenvalue weighted by molar-refractivity contribution is 6.33. The third-order valence-corrected chi connectivity index (χ3v) is 5.47. The van der Waals surface area contributed by atoms with Gasteiger partial charge >= 0.3 is 0 Å². The van der Waals surface area contributed by atoms with Crippen molar-refractivity contribution < 1.29 is 14.3 Å². The zero-order valence-corrected chi connectivity index (χ0v) is 17.4. The molecule has 1 amide bonds. The normalized spacial score (nSPS) is 22.2. The van der Waals surface area contributed by atoms with Crippen LogP contribution in [0.25, 0.3) is 0 Å². The molecule has 1 aromatic carbocycles. The van der Waals surface area contributed by atoms with Crippen LogP contribution in [0.4, 0.5) is 5.69 Å². The van der Waals surface area contributed by atoms with Crippen LogP contribution in [0.1, 0.15) is 23.2 Å². The van der Waals surface area contributed by atoms with Crippen LogP contribution in [0.5, 0.6) is 5.75 Å². The number of hydrogen-bond donors (Lipinski definition) is 4. The number of ether oxygens (including phenoxy) is 2. The first kappa shape index (κ1) is 21.4. The molecule has 0 saturated carbocycles. The molecule has 2 aliphatic rings. The molecule has 11 heteroatoms. The topological polar surface area (TPSA) is 116 Å². The summed E-state index contributed by atoms with van der Waals surface area (Å²) >= 11 is 6.09. The summed E-state index contributed by atoms with van der Waals surface area (Å²) in [5.41, 5.74) is 12.4. The first-order valence-electron chi connectivity index (χ1n) is 9.51. The number of nitrogen functional groups attached to an aromatic ring is 1. The zero-order valence-electron chi connectivity index (χ0n) is 16.7. The number of piperidine rings is 1. The Morgan fingerprint density at radius 2 is 2.24 bits per heavy atom. The second kappa shape index (κ2) is 9.97. The minimum absolute atomic E-state index is 0.0971. The molecule has 0 radical (unpaired) electrons. The predicted octanol–water partition coefficient (Wildman–Crippen LogP) is 0.408. The fraction of sp³-hybridized carbons (Fsp3) is 0.556. The number of hydrazine groups is 2. The van der Waals surface area contributed by atoms with Crippen LogP contribution >= 0.6 is 11.6 Å². The maximum atomic E-state index is 12.8. The van der Waals surface area contributed by atoms with Crippen LogP contribution in [-0.2, 0) is 4.74 Å². The molecule has 1 fully saturated rings. The smallest absolute Gasteiger partial charge is 0.255 e. The number of hydrazone groups is 1. The Bertz CT molecular complexity index is 740. The SMILES string of the molecule is COc1cc(N)c(Cl)cc1C(=O)N[C@H]1CCN(CCCN2NC=NN2)C[C@H]1OC. The molecule has 2 atom stereocenters. The van der Waals surface area contributed by atoms with Crippen molar-refractivity contribution in [3.05, 3.63) is 22.7 Å². The molecule has 0 spiro atoms.